The molecule has 0 atom stereocenters. The fourth-order valence-corrected chi connectivity index (χ4v) is 1.14. The third-order valence-electron chi connectivity index (χ3n) is 1.65. The number of hydrogen-bond donors (Lipinski definition) is 0. The first-order valence-corrected chi connectivity index (χ1v) is 3.66. The maximum absolute atomic E-state index is 6.69. The van der Waals surface area contributed by atoms with E-state index in [1.54, 1.807) is 0 Å². The highest BCUT2D eigenvalue weighted by molar-refractivity contribution is 5.39. The van der Waals surface area contributed by atoms with Crippen LogP contribution >= 0.6 is 0 Å². The topological polar surface area (TPSA) is 21.7 Å². The summed E-state index contributed by atoms with van der Waals surface area (Å²) in [5.74, 6) is 0. The molecule has 2 aromatic rings. The van der Waals surface area contributed by atoms with Crippen LogP contribution in [0.25, 0.3) is 10.5 Å². The average molecular weight is 157 g/mol. The fraction of sp³-hybridized carbons (Fsp3) is 0.111. The summed E-state index contributed by atoms with van der Waals surface area (Å²) in [6.45, 7) is 7.05. The van der Waals surface area contributed by atoms with E-state index in [0.717, 1.165) is 11.3 Å². The molecule has 0 saturated carbocycles. The zero-order valence-electron chi connectivity index (χ0n) is 6.44. The minimum Gasteiger partial charge on any atom is -0.310 e. The molecule has 3 heteroatoms. The Kier molecular flexibility index (Phi) is 1.52. The van der Waals surface area contributed by atoms with Gasteiger partial charge in [-0.05, 0) is 12.1 Å². The van der Waals surface area contributed by atoms with Gasteiger partial charge in [0.15, 0.2) is 0 Å². The van der Waals surface area contributed by atoms with E-state index in [1.165, 1.54) is 0 Å². The highest BCUT2D eigenvalue weighted by atomic mass is 15.0. The van der Waals surface area contributed by atoms with Gasteiger partial charge in [0.1, 0.15) is 11.3 Å². The van der Waals surface area contributed by atoms with E-state index in [4.69, 9.17) is 6.57 Å². The number of pyridine rings is 1. The van der Waals surface area contributed by atoms with Crippen LogP contribution in [0, 0.1) is 6.57 Å². The van der Waals surface area contributed by atoms with Gasteiger partial charge < -0.3 is 9.25 Å². The van der Waals surface area contributed by atoms with E-state index in [-0.39, 0.29) is 0 Å². The van der Waals surface area contributed by atoms with Gasteiger partial charge in [0, 0.05) is 12.4 Å². The quantitative estimate of drug-likeness (QED) is 0.578. The lowest BCUT2D eigenvalue weighted by Crippen LogP contribution is -1.77. The lowest BCUT2D eigenvalue weighted by Gasteiger charge is -1.86. The van der Waals surface area contributed by atoms with Crippen LogP contribution in [-0.2, 0) is 6.54 Å². The molecule has 0 aliphatic heterocycles. The van der Waals surface area contributed by atoms with Crippen molar-refractivity contribution in [2.75, 3.05) is 0 Å². The summed E-state index contributed by atoms with van der Waals surface area (Å²) in [6.07, 6.45) is 3.81. The van der Waals surface area contributed by atoms with Gasteiger partial charge >= 0.3 is 0 Å². The number of aromatic nitrogens is 2. The van der Waals surface area contributed by atoms with Crippen molar-refractivity contribution in [3.8, 4) is 0 Å². The largest absolute Gasteiger partial charge is 0.310 e. The molecule has 3 nitrogen and oxygen atoms in total. The molecule has 0 fully saturated rings. The van der Waals surface area contributed by atoms with Crippen LogP contribution in [0.1, 0.15) is 5.69 Å². The van der Waals surface area contributed by atoms with Gasteiger partial charge in [-0.25, -0.2) is 11.6 Å². The van der Waals surface area contributed by atoms with Crippen molar-refractivity contribution in [1.82, 2.24) is 9.38 Å². The van der Waals surface area contributed by atoms with E-state index in [0.29, 0.717) is 6.54 Å². The number of rotatable bonds is 1. The van der Waals surface area contributed by atoms with Crippen LogP contribution in [0.3, 0.4) is 0 Å². The van der Waals surface area contributed by atoms with Crippen molar-refractivity contribution in [2.45, 2.75) is 6.54 Å². The Morgan fingerprint density at radius 1 is 1.50 bits per heavy atom. The first-order valence-electron chi connectivity index (χ1n) is 3.66. The third kappa shape index (κ3) is 1.04. The zero-order chi connectivity index (χ0) is 8.39. The minimum atomic E-state index is 0.363. The van der Waals surface area contributed by atoms with Crippen molar-refractivity contribution >= 4 is 5.65 Å². The second-order valence-corrected chi connectivity index (χ2v) is 2.51. The van der Waals surface area contributed by atoms with E-state index in [9.17, 15) is 0 Å². The predicted molar refractivity (Wildman–Crippen MR) is 45.5 cm³/mol. The molecule has 2 heterocycles. The maximum Gasteiger partial charge on any atom is 0.257 e. The van der Waals surface area contributed by atoms with Crippen molar-refractivity contribution < 1.29 is 0 Å². The van der Waals surface area contributed by atoms with Crippen LogP contribution in [0.5, 0.6) is 0 Å². The van der Waals surface area contributed by atoms with Gasteiger partial charge in [0.2, 0.25) is 0 Å². The SMILES string of the molecule is [C-]#[N+]Cc1cn2ccccc2n1. The first-order chi connectivity index (χ1) is 5.90. The van der Waals surface area contributed by atoms with Crippen molar-refractivity contribution in [3.05, 3.63) is 47.7 Å². The lowest BCUT2D eigenvalue weighted by molar-refractivity contribution is 1.15. The molecule has 2 aromatic heterocycles. The van der Waals surface area contributed by atoms with Crippen LogP contribution < -0.4 is 0 Å². The molecular weight excluding hydrogens is 150 g/mol. The summed E-state index contributed by atoms with van der Waals surface area (Å²) in [7, 11) is 0. The number of fused-ring (bicyclic) bond motifs is 1. The summed E-state index contributed by atoms with van der Waals surface area (Å²) in [4.78, 5) is 7.53. The van der Waals surface area contributed by atoms with Gasteiger partial charge in [0.05, 0.1) is 0 Å². The van der Waals surface area contributed by atoms with Crippen molar-refractivity contribution in [1.29, 1.82) is 0 Å². The average Bonchev–Trinajstić information content (AvgIpc) is 2.47. The summed E-state index contributed by atoms with van der Waals surface area (Å²) >= 11 is 0. The molecule has 0 bridgehead atoms. The van der Waals surface area contributed by atoms with Gasteiger partial charge in [-0.3, -0.25) is 0 Å². The van der Waals surface area contributed by atoms with Gasteiger partial charge in [-0.15, -0.1) is 0 Å². The molecule has 0 spiro atoms. The Balaban J connectivity index is 2.56. The summed E-state index contributed by atoms with van der Waals surface area (Å²) in [5, 5.41) is 0. The van der Waals surface area contributed by atoms with E-state index in [1.807, 2.05) is 35.0 Å². The second-order valence-electron chi connectivity index (χ2n) is 2.51. The van der Waals surface area contributed by atoms with Crippen LogP contribution in [0.15, 0.2) is 30.6 Å². The molecule has 0 unspecified atom stereocenters. The van der Waals surface area contributed by atoms with E-state index in [2.05, 4.69) is 9.83 Å². The van der Waals surface area contributed by atoms with Gasteiger partial charge in [-0.1, -0.05) is 6.07 Å². The molecule has 0 radical (unpaired) electrons. The molecule has 0 aromatic carbocycles. The molecule has 0 aliphatic carbocycles. The third-order valence-corrected chi connectivity index (χ3v) is 1.65. The van der Waals surface area contributed by atoms with E-state index >= 15 is 0 Å². The Labute approximate surface area is 70.1 Å². The second kappa shape index (κ2) is 2.67. The van der Waals surface area contributed by atoms with Gasteiger partial charge in [0.25, 0.3) is 6.54 Å². The van der Waals surface area contributed by atoms with Crippen LogP contribution in [0.4, 0.5) is 0 Å². The number of nitrogens with zero attached hydrogens (tertiary/aromatic N) is 3. The predicted octanol–water partition coefficient (Wildman–Crippen LogP) is 1.75. The van der Waals surface area contributed by atoms with Gasteiger partial charge in [-0.2, -0.15) is 0 Å². The van der Waals surface area contributed by atoms with Crippen LogP contribution in [-0.4, -0.2) is 9.38 Å². The van der Waals surface area contributed by atoms with Crippen molar-refractivity contribution in [3.63, 3.8) is 0 Å². The molecule has 58 valence electrons. The zero-order valence-corrected chi connectivity index (χ0v) is 6.44. The lowest BCUT2D eigenvalue weighted by atomic mass is 10.5. The first kappa shape index (κ1) is 6.86. The molecule has 2 rings (SSSR count). The Hall–Kier alpha value is -1.82. The van der Waals surface area contributed by atoms with Crippen LogP contribution in [0.2, 0.25) is 0 Å². The Morgan fingerprint density at radius 3 is 3.17 bits per heavy atom. The maximum atomic E-state index is 6.69. The Bertz CT molecular complexity index is 403. The van der Waals surface area contributed by atoms with E-state index < -0.39 is 0 Å². The summed E-state index contributed by atoms with van der Waals surface area (Å²) in [5.41, 5.74) is 1.73. The highest BCUT2D eigenvalue weighted by Gasteiger charge is 2.00. The Morgan fingerprint density at radius 2 is 2.42 bits per heavy atom. The molecule has 0 N–H and O–H groups in total. The molecule has 12 heavy (non-hydrogen) atoms. The fourth-order valence-electron chi connectivity index (χ4n) is 1.14. The monoisotopic (exact) mass is 157 g/mol. The number of hydrogen-bond acceptors (Lipinski definition) is 1. The summed E-state index contributed by atoms with van der Waals surface area (Å²) in [6, 6.07) is 5.80. The number of imidazole rings is 1. The molecule has 0 saturated heterocycles. The molecule has 0 aliphatic rings. The van der Waals surface area contributed by atoms with Crippen molar-refractivity contribution in [2.24, 2.45) is 0 Å². The summed E-state index contributed by atoms with van der Waals surface area (Å²) < 4.78 is 1.92. The molecule has 0 amide bonds. The minimum absolute atomic E-state index is 0.363. The standard InChI is InChI=1S/C9H7N3/c1-10-6-8-7-12-5-3-2-4-9(12)11-8/h2-5,7H,6H2. The molecular formula is C9H7N3. The smallest absolute Gasteiger partial charge is 0.257 e. The normalized spacial score (nSPS) is 9.92. The highest BCUT2D eigenvalue weighted by Crippen LogP contribution is 2.04.